The van der Waals surface area contributed by atoms with Gasteiger partial charge in [-0.3, -0.25) is 0 Å². The van der Waals surface area contributed by atoms with Gasteiger partial charge in [0, 0.05) is 163 Å². The molecule has 4 bridgehead atoms. The third-order valence-electron chi connectivity index (χ3n) is 24.5. The lowest BCUT2D eigenvalue weighted by Gasteiger charge is -2.57. The Kier molecular flexibility index (Phi) is 35.6. The van der Waals surface area contributed by atoms with Gasteiger partial charge in [-0.15, -0.1) is 0 Å². The fraction of sp³-hybridized carbons (Fsp3) is 0.417. The summed E-state index contributed by atoms with van der Waals surface area (Å²) in [6, 6.07) is 41.1. The Morgan fingerprint density at radius 2 is 0.614 bits per heavy atom. The van der Waals surface area contributed by atoms with E-state index < -0.39 is 113 Å². The zero-order chi connectivity index (χ0) is 106. The summed E-state index contributed by atoms with van der Waals surface area (Å²) in [5.74, 6) is 0.899. The average Bonchev–Trinajstić information content (AvgIpc) is 0.738. The van der Waals surface area contributed by atoms with Crippen molar-refractivity contribution in [2.75, 3.05) is 211 Å². The summed E-state index contributed by atoms with van der Waals surface area (Å²) < 4.78 is 263. The van der Waals surface area contributed by atoms with E-state index in [1.54, 1.807) is 216 Å². The summed E-state index contributed by atoms with van der Waals surface area (Å²) in [5, 5.41) is 42.4. The Morgan fingerprint density at radius 1 is 0.345 bits per heavy atom. The van der Waals surface area contributed by atoms with E-state index >= 15 is 0 Å². The van der Waals surface area contributed by atoms with Crippen LogP contribution in [-0.2, 0) is 53.7 Å². The third kappa shape index (κ3) is 31.6. The van der Waals surface area contributed by atoms with Crippen LogP contribution < -0.4 is 78.4 Å². The molecule has 29 nitrogen and oxygen atoms in total. The van der Waals surface area contributed by atoms with Gasteiger partial charge in [0.2, 0.25) is 29.7 Å². The predicted molar refractivity (Wildman–Crippen MR) is 544 cm³/mol. The highest BCUT2D eigenvalue weighted by Gasteiger charge is 2.53. The van der Waals surface area contributed by atoms with Gasteiger partial charge in [0.05, 0.1) is 13.2 Å². The van der Waals surface area contributed by atoms with Crippen molar-refractivity contribution in [2.45, 2.75) is 81.9 Å². The number of aryl methyl sites for hydroxylation is 1. The molecule has 6 fully saturated rings. The second kappa shape index (κ2) is 46.0. The Balaban J connectivity index is 0.000000162. The minimum absolute atomic E-state index is 0.0112. The molecule has 0 radical (unpaired) electrons. The molecule has 17 rings (SSSR count). The Labute approximate surface area is 830 Å². The number of likely N-dealkylation sites (N-methyl/N-ethyl adjacent to an activating group) is 2. The number of aliphatic hydroxyl groups excluding tert-OH is 2. The summed E-state index contributed by atoms with van der Waals surface area (Å²) in [6.45, 7) is 22.0. The van der Waals surface area contributed by atoms with Crippen LogP contribution in [0.2, 0.25) is 0 Å². The van der Waals surface area contributed by atoms with Crippen LogP contribution in [0.5, 0.6) is 0 Å². The number of piperazine rings is 2. The molecule has 782 valence electrons. The average molecular weight is 2130 g/mol. The Bertz CT molecular complexity index is 6330. The standard InChI is InChI=1S/C23H28F3N4OP.C20H20F3N4OP.2C18H23F3N5OP.C17H22F3N4O3P/c1-32(2,31)18-5-3-17(4-6-18)28-21-27-13-19(23(24,25)26)20(29-21)30-22-10-14-7-15(11-22)9-16(8-14)12-22;1-13-5-4-6-15(11-13)25-18-17(20(21,22)23)12-24-19(27-18)26-14-7-9-16(10-8-14)29(2,3)28;2*1-25-8-10-26(11-9-25)16-15(18(19,20)21)12-22-17(24-16)23-13-4-6-14(7-5-13)28(2,3)27;1-28(2,27)13-5-3-12(4-6-13)22-16-21-11-14(17(18,19)20)15(23-16)24(7-9-25)8-10-26/h3-6,13-16H,7-12H2,1-2H3,(H2,27,28,29,30);4-12H,1-3H3,(H2,24,25,26,27);2*4-7,12H,8-11H2,1-3H3,(H,22,23,24);3-6,11,25-26H,7-10H2,1-2H3,(H,21,22,23). The second-order valence-electron chi connectivity index (χ2n) is 38.1. The minimum atomic E-state index is -4.69. The highest BCUT2D eigenvalue weighted by atomic mass is 31.2. The second-order valence-corrected chi connectivity index (χ2v) is 54.2. The maximum atomic E-state index is 13.8. The van der Waals surface area contributed by atoms with Gasteiger partial charge >= 0.3 is 30.9 Å². The molecule has 145 heavy (non-hydrogen) atoms. The number of alkyl halides is 15. The molecule has 5 aromatic heterocycles. The number of hydrogen-bond donors (Lipinski definition) is 9. The van der Waals surface area contributed by atoms with Gasteiger partial charge in [0.25, 0.3) is 0 Å². The van der Waals surface area contributed by atoms with Gasteiger partial charge in [0.1, 0.15) is 92.6 Å². The highest BCUT2D eigenvalue weighted by molar-refractivity contribution is 7.71. The minimum Gasteiger partial charge on any atom is -0.395 e. The van der Waals surface area contributed by atoms with Crippen LogP contribution in [0.3, 0.4) is 0 Å². The first kappa shape index (κ1) is 112. The smallest absolute Gasteiger partial charge is 0.395 e. The maximum absolute atomic E-state index is 13.8. The van der Waals surface area contributed by atoms with Crippen molar-refractivity contribution in [2.24, 2.45) is 17.8 Å². The molecular formula is C96H116F15N22O7P5. The highest BCUT2D eigenvalue weighted by Crippen LogP contribution is 2.58. The van der Waals surface area contributed by atoms with Gasteiger partial charge in [0.15, 0.2) is 0 Å². The molecule has 0 spiro atoms. The number of aromatic nitrogens is 10. The van der Waals surface area contributed by atoms with Crippen LogP contribution in [0.4, 0.5) is 159 Å². The van der Waals surface area contributed by atoms with Crippen LogP contribution in [0.15, 0.2) is 177 Å². The maximum Gasteiger partial charge on any atom is 0.421 e. The molecule has 9 N–H and O–H groups in total. The van der Waals surface area contributed by atoms with Crippen molar-refractivity contribution in [3.8, 4) is 0 Å². The number of benzene rings is 6. The zero-order valence-electron chi connectivity index (χ0n) is 81.8. The molecule has 2 saturated heterocycles. The van der Waals surface area contributed by atoms with E-state index in [1.807, 2.05) is 27.1 Å². The Morgan fingerprint density at radius 3 is 0.897 bits per heavy atom. The lowest BCUT2D eigenvalue weighted by atomic mass is 9.53. The molecule has 0 atom stereocenters. The fourth-order valence-electron chi connectivity index (χ4n) is 17.3. The van der Waals surface area contributed by atoms with Crippen molar-refractivity contribution >= 4 is 155 Å². The largest absolute Gasteiger partial charge is 0.421 e. The fourth-order valence-corrected chi connectivity index (χ4v) is 21.6. The summed E-state index contributed by atoms with van der Waals surface area (Å²) in [6.07, 6.45) is -12.6. The van der Waals surface area contributed by atoms with Crippen molar-refractivity contribution in [3.63, 3.8) is 0 Å². The molecule has 49 heteroatoms. The molecule has 6 aromatic carbocycles. The van der Waals surface area contributed by atoms with Crippen molar-refractivity contribution in [3.05, 3.63) is 210 Å². The predicted octanol–water partition coefficient (Wildman–Crippen LogP) is 20.2. The van der Waals surface area contributed by atoms with Crippen LogP contribution in [0.25, 0.3) is 0 Å². The first-order valence-electron chi connectivity index (χ1n) is 45.9. The van der Waals surface area contributed by atoms with Crippen molar-refractivity contribution < 1.29 is 98.9 Å². The van der Waals surface area contributed by atoms with Crippen molar-refractivity contribution in [1.82, 2.24) is 59.6 Å². The van der Waals surface area contributed by atoms with E-state index in [0.29, 0.717) is 121 Å². The normalized spacial score (nSPS) is 17.5. The molecule has 4 saturated carbocycles. The molecule has 2 aliphatic heterocycles. The van der Waals surface area contributed by atoms with Gasteiger partial charge in [-0.25, -0.2) is 24.9 Å². The Hall–Kier alpha value is -11.3. The summed E-state index contributed by atoms with van der Waals surface area (Å²) in [4.78, 5) is 48.3. The van der Waals surface area contributed by atoms with Crippen molar-refractivity contribution in [1.29, 1.82) is 0 Å². The third-order valence-corrected chi connectivity index (χ3v) is 32.2. The molecule has 7 heterocycles. The summed E-state index contributed by atoms with van der Waals surface area (Å²) >= 11 is 0. The van der Waals surface area contributed by atoms with Crippen LogP contribution >= 0.6 is 35.7 Å². The van der Waals surface area contributed by atoms with E-state index in [4.69, 9.17) is 10.2 Å². The number of nitrogens with one attached hydrogen (secondary N) is 7. The number of aliphatic hydroxyl groups is 2. The van der Waals surface area contributed by atoms with E-state index in [1.165, 1.54) is 19.3 Å². The van der Waals surface area contributed by atoms with E-state index in [0.717, 1.165) is 70.4 Å². The zero-order valence-corrected chi connectivity index (χ0v) is 86.2. The first-order valence-corrected chi connectivity index (χ1v) is 59.0. The molecule has 6 aliphatic rings. The molecule has 0 unspecified atom stereocenters. The van der Waals surface area contributed by atoms with Crippen LogP contribution in [-0.4, -0.2) is 235 Å². The quantitative estimate of drug-likeness (QED) is 0.0180. The van der Waals surface area contributed by atoms with Crippen LogP contribution in [0.1, 0.15) is 71.9 Å². The molecule has 11 aromatic rings. The number of anilines is 16. The molecule has 0 amide bonds. The van der Waals surface area contributed by atoms with E-state index in [2.05, 4.69) is 96.9 Å². The lowest BCUT2D eigenvalue weighted by Crippen LogP contribution is -2.55. The number of halogens is 15. The lowest BCUT2D eigenvalue weighted by molar-refractivity contribution is -0.138. The van der Waals surface area contributed by atoms with Crippen LogP contribution in [0, 0.1) is 24.7 Å². The first-order chi connectivity index (χ1) is 67.6. The van der Waals surface area contributed by atoms with Gasteiger partial charge in [-0.1, -0.05) is 12.1 Å². The summed E-state index contributed by atoms with van der Waals surface area (Å²) in [5.41, 5.74) is -0.491. The molecular weight excluding hydrogens is 2010 g/mol. The number of hydrogen-bond acceptors (Lipinski definition) is 29. The van der Waals surface area contributed by atoms with Gasteiger partial charge in [-0.05, 0) is 283 Å². The van der Waals surface area contributed by atoms with E-state index in [-0.39, 0.29) is 71.6 Å². The topological polar surface area (TPSA) is 355 Å². The number of rotatable bonds is 26. The van der Waals surface area contributed by atoms with Gasteiger partial charge < -0.3 is 94.8 Å². The van der Waals surface area contributed by atoms with Gasteiger partial charge in [-0.2, -0.15) is 90.8 Å². The monoisotopic (exact) mass is 2130 g/mol. The molecule has 4 aliphatic carbocycles. The SMILES string of the molecule is CN1CCN(c2nc(Nc3ccc(P(C)(C)=O)cc3)ncc2C(F)(F)F)CC1.CN1CCN(c2nc(Nc3ccc(P(C)(C)=O)cc3)ncc2C(F)(F)F)CC1.CP(C)(=O)c1ccc(Nc2ncc(C(F)(F)F)c(N(CCO)CCO)n2)cc1.CP(C)(=O)c1ccc(Nc2ncc(C(F)(F)F)c(NC34CC5CC(CC(C5)C3)C4)n2)cc1.Cc1cccc(Nc2nc(Nc3ccc(P(C)(C)=O)cc3)ncc2C(F)(F)F)c1. The number of nitrogens with zero attached hydrogens (tertiary/aromatic N) is 15. The summed E-state index contributed by atoms with van der Waals surface area (Å²) in [7, 11) is -8.07. The van der Waals surface area contributed by atoms with E-state index in [9.17, 15) is 88.7 Å².